The molecular weight excluding hydrogens is 252 g/mol. The van der Waals surface area contributed by atoms with Crippen molar-refractivity contribution in [2.75, 3.05) is 11.5 Å². The minimum Gasteiger partial charge on any atom is -0.383 e. The van der Waals surface area contributed by atoms with E-state index in [2.05, 4.69) is 48.8 Å². The molecule has 0 bridgehead atoms. The van der Waals surface area contributed by atoms with Crippen molar-refractivity contribution < 1.29 is 0 Å². The molecule has 0 aliphatic rings. The molecule has 4 N–H and O–H groups in total. The number of anilines is 2. The Morgan fingerprint density at radius 1 is 1.20 bits per heavy atom. The van der Waals surface area contributed by atoms with Gasteiger partial charge in [-0.25, -0.2) is 4.98 Å². The zero-order valence-electron chi connectivity index (χ0n) is 12.5. The molecule has 108 valence electrons. The summed E-state index contributed by atoms with van der Waals surface area (Å²) < 4.78 is 2.03. The number of aromatic nitrogens is 4. The Hall–Kier alpha value is -2.11. The highest BCUT2D eigenvalue weighted by molar-refractivity contribution is 5.43. The summed E-state index contributed by atoms with van der Waals surface area (Å²) in [6.07, 6.45) is 2.34. The standard InChI is InChI=1S/C14H22N6/c1-8(2)12-6-11(20(19-12)9(3)4)5-10-7-17-14(16)18-13(10)15/h6-9H,5H2,1-4H3,(H4,15,16,17,18). The molecule has 0 aromatic carbocycles. The molecule has 0 radical (unpaired) electrons. The van der Waals surface area contributed by atoms with Gasteiger partial charge in [-0.15, -0.1) is 0 Å². The largest absolute Gasteiger partial charge is 0.383 e. The fraction of sp³-hybridized carbons (Fsp3) is 0.500. The van der Waals surface area contributed by atoms with E-state index in [-0.39, 0.29) is 5.95 Å². The number of nitrogens with zero attached hydrogens (tertiary/aromatic N) is 4. The Labute approximate surface area is 119 Å². The summed E-state index contributed by atoms with van der Waals surface area (Å²) in [5.74, 6) is 1.03. The van der Waals surface area contributed by atoms with Crippen LogP contribution < -0.4 is 11.5 Å². The fourth-order valence-corrected chi connectivity index (χ4v) is 2.08. The predicted molar refractivity (Wildman–Crippen MR) is 80.4 cm³/mol. The second-order valence-corrected chi connectivity index (χ2v) is 5.57. The molecule has 0 aliphatic heterocycles. The van der Waals surface area contributed by atoms with Crippen LogP contribution in [0.2, 0.25) is 0 Å². The molecule has 0 spiro atoms. The summed E-state index contributed by atoms with van der Waals surface area (Å²) in [7, 11) is 0. The normalized spacial score (nSPS) is 11.5. The van der Waals surface area contributed by atoms with Crippen molar-refractivity contribution in [1.82, 2.24) is 19.7 Å². The van der Waals surface area contributed by atoms with E-state index in [0.717, 1.165) is 17.0 Å². The highest BCUT2D eigenvalue weighted by Crippen LogP contribution is 2.21. The Morgan fingerprint density at radius 3 is 2.45 bits per heavy atom. The minimum absolute atomic E-state index is 0.200. The van der Waals surface area contributed by atoms with Crippen LogP contribution in [0.5, 0.6) is 0 Å². The average molecular weight is 274 g/mol. The number of rotatable bonds is 4. The molecule has 0 unspecified atom stereocenters. The van der Waals surface area contributed by atoms with Gasteiger partial charge in [-0.2, -0.15) is 10.1 Å². The van der Waals surface area contributed by atoms with Crippen LogP contribution in [-0.4, -0.2) is 19.7 Å². The predicted octanol–water partition coefficient (Wildman–Crippen LogP) is 2.13. The lowest BCUT2D eigenvalue weighted by Crippen LogP contribution is -2.10. The zero-order valence-corrected chi connectivity index (χ0v) is 12.5. The first-order valence-electron chi connectivity index (χ1n) is 6.83. The van der Waals surface area contributed by atoms with E-state index in [1.54, 1.807) is 6.20 Å². The van der Waals surface area contributed by atoms with Crippen molar-refractivity contribution in [1.29, 1.82) is 0 Å². The summed E-state index contributed by atoms with van der Waals surface area (Å²) >= 11 is 0. The molecule has 0 aliphatic carbocycles. The summed E-state index contributed by atoms with van der Waals surface area (Å²) in [5, 5.41) is 4.66. The Balaban J connectivity index is 2.36. The minimum atomic E-state index is 0.200. The van der Waals surface area contributed by atoms with Gasteiger partial charge in [0, 0.05) is 29.9 Å². The molecule has 2 heterocycles. The third-order valence-corrected chi connectivity index (χ3v) is 3.20. The van der Waals surface area contributed by atoms with Gasteiger partial charge in [0.15, 0.2) is 0 Å². The second-order valence-electron chi connectivity index (χ2n) is 5.57. The van der Waals surface area contributed by atoms with Crippen molar-refractivity contribution in [3.05, 3.63) is 29.2 Å². The molecular formula is C14H22N6. The molecule has 20 heavy (non-hydrogen) atoms. The van der Waals surface area contributed by atoms with Gasteiger partial charge in [0.2, 0.25) is 5.95 Å². The molecule has 2 rings (SSSR count). The first-order chi connectivity index (χ1) is 9.38. The molecule has 0 saturated carbocycles. The SMILES string of the molecule is CC(C)c1cc(Cc2cnc(N)nc2N)n(C(C)C)n1. The monoisotopic (exact) mass is 274 g/mol. The average Bonchev–Trinajstić information content (AvgIpc) is 2.77. The van der Waals surface area contributed by atoms with E-state index in [1.807, 2.05) is 4.68 Å². The van der Waals surface area contributed by atoms with Crippen LogP contribution in [0.1, 0.15) is 56.6 Å². The van der Waals surface area contributed by atoms with Crippen LogP contribution in [0.15, 0.2) is 12.3 Å². The second kappa shape index (κ2) is 5.48. The van der Waals surface area contributed by atoms with Gasteiger partial charge in [-0.3, -0.25) is 4.68 Å². The van der Waals surface area contributed by atoms with E-state index in [9.17, 15) is 0 Å². The quantitative estimate of drug-likeness (QED) is 0.890. The van der Waals surface area contributed by atoms with Crippen LogP contribution in [0.25, 0.3) is 0 Å². The molecule has 0 amide bonds. The first-order valence-corrected chi connectivity index (χ1v) is 6.83. The van der Waals surface area contributed by atoms with Gasteiger partial charge in [0.05, 0.1) is 5.69 Å². The van der Waals surface area contributed by atoms with Crippen molar-refractivity contribution in [2.24, 2.45) is 0 Å². The van der Waals surface area contributed by atoms with Crippen molar-refractivity contribution >= 4 is 11.8 Å². The van der Waals surface area contributed by atoms with Gasteiger partial charge >= 0.3 is 0 Å². The van der Waals surface area contributed by atoms with Crippen molar-refractivity contribution in [2.45, 2.75) is 46.1 Å². The molecule has 0 atom stereocenters. The lowest BCUT2D eigenvalue weighted by Gasteiger charge is -2.11. The molecule has 2 aromatic heterocycles. The number of nitrogens with two attached hydrogens (primary N) is 2. The summed E-state index contributed by atoms with van der Waals surface area (Å²) in [4.78, 5) is 8.01. The first kappa shape index (κ1) is 14.3. The van der Waals surface area contributed by atoms with Crippen molar-refractivity contribution in [3.8, 4) is 0 Å². The maximum absolute atomic E-state index is 5.90. The molecule has 6 nitrogen and oxygen atoms in total. The smallest absolute Gasteiger partial charge is 0.221 e. The van der Waals surface area contributed by atoms with Crippen LogP contribution in [0, 0.1) is 0 Å². The molecule has 0 fully saturated rings. The van der Waals surface area contributed by atoms with Crippen LogP contribution >= 0.6 is 0 Å². The number of hydrogen-bond donors (Lipinski definition) is 2. The van der Waals surface area contributed by atoms with E-state index in [1.165, 1.54) is 0 Å². The van der Waals surface area contributed by atoms with Gasteiger partial charge in [-0.1, -0.05) is 13.8 Å². The van der Waals surface area contributed by atoms with Gasteiger partial charge in [0.1, 0.15) is 5.82 Å². The molecule has 0 saturated heterocycles. The zero-order chi connectivity index (χ0) is 14.9. The summed E-state index contributed by atoms with van der Waals surface area (Å²) in [6, 6.07) is 2.42. The fourth-order valence-electron chi connectivity index (χ4n) is 2.08. The highest BCUT2D eigenvalue weighted by atomic mass is 15.3. The van der Waals surface area contributed by atoms with Gasteiger partial charge in [0.25, 0.3) is 0 Å². The topological polar surface area (TPSA) is 95.6 Å². The maximum Gasteiger partial charge on any atom is 0.221 e. The Kier molecular flexibility index (Phi) is 3.92. The molecule has 2 aromatic rings. The Morgan fingerprint density at radius 2 is 1.90 bits per heavy atom. The highest BCUT2D eigenvalue weighted by Gasteiger charge is 2.14. The van der Waals surface area contributed by atoms with Crippen LogP contribution in [0.4, 0.5) is 11.8 Å². The van der Waals surface area contributed by atoms with Gasteiger partial charge in [-0.05, 0) is 25.8 Å². The van der Waals surface area contributed by atoms with Crippen molar-refractivity contribution in [3.63, 3.8) is 0 Å². The number of hydrogen-bond acceptors (Lipinski definition) is 5. The van der Waals surface area contributed by atoms with Crippen LogP contribution in [-0.2, 0) is 6.42 Å². The molecule has 6 heteroatoms. The summed E-state index contributed by atoms with van der Waals surface area (Å²) in [6.45, 7) is 8.50. The van der Waals surface area contributed by atoms with E-state index < -0.39 is 0 Å². The van der Waals surface area contributed by atoms with E-state index in [0.29, 0.717) is 24.2 Å². The maximum atomic E-state index is 5.90. The lowest BCUT2D eigenvalue weighted by atomic mass is 10.1. The Bertz CT molecular complexity index is 600. The third-order valence-electron chi connectivity index (χ3n) is 3.20. The number of nitrogen functional groups attached to an aromatic ring is 2. The third kappa shape index (κ3) is 2.89. The van der Waals surface area contributed by atoms with Gasteiger partial charge < -0.3 is 11.5 Å². The summed E-state index contributed by atoms with van der Waals surface area (Å²) in [5.41, 5.74) is 14.5. The van der Waals surface area contributed by atoms with Crippen LogP contribution in [0.3, 0.4) is 0 Å². The van der Waals surface area contributed by atoms with E-state index in [4.69, 9.17) is 11.5 Å². The lowest BCUT2D eigenvalue weighted by molar-refractivity contribution is 0.505. The van der Waals surface area contributed by atoms with E-state index >= 15 is 0 Å².